The van der Waals surface area contributed by atoms with Gasteiger partial charge in [-0.2, -0.15) is 0 Å². The van der Waals surface area contributed by atoms with Crippen molar-refractivity contribution in [3.05, 3.63) is 12.2 Å². The van der Waals surface area contributed by atoms with E-state index in [0.29, 0.717) is 12.5 Å². The van der Waals surface area contributed by atoms with E-state index in [1.54, 1.807) is 0 Å². The van der Waals surface area contributed by atoms with Crippen LogP contribution in [-0.4, -0.2) is 32.6 Å². The lowest BCUT2D eigenvalue weighted by Crippen LogP contribution is -2.45. The molecule has 3 saturated carbocycles. The summed E-state index contributed by atoms with van der Waals surface area (Å²) in [7, 11) is 0. The van der Waals surface area contributed by atoms with Crippen molar-refractivity contribution in [2.75, 3.05) is 26.6 Å². The molecule has 5 aliphatic rings. The molecular formula is C20H28O4. The van der Waals surface area contributed by atoms with Gasteiger partial charge in [0.25, 0.3) is 0 Å². The molecule has 0 N–H and O–H groups in total. The molecule has 0 aromatic rings. The van der Waals surface area contributed by atoms with Crippen molar-refractivity contribution in [3.63, 3.8) is 0 Å². The van der Waals surface area contributed by atoms with Gasteiger partial charge in [-0.15, -0.1) is 0 Å². The van der Waals surface area contributed by atoms with Gasteiger partial charge in [-0.1, -0.05) is 19.1 Å². The van der Waals surface area contributed by atoms with Crippen LogP contribution in [0.1, 0.15) is 33.1 Å². The molecule has 24 heavy (non-hydrogen) atoms. The van der Waals surface area contributed by atoms with E-state index in [9.17, 15) is 4.79 Å². The minimum atomic E-state index is -0.295. The molecule has 0 radical (unpaired) electrons. The van der Waals surface area contributed by atoms with Crippen LogP contribution < -0.4 is 0 Å². The molecule has 4 aliphatic carbocycles. The molecule has 7 unspecified atom stereocenters. The van der Waals surface area contributed by atoms with Crippen molar-refractivity contribution in [3.8, 4) is 0 Å². The quantitative estimate of drug-likeness (QED) is 0.255. The molecule has 0 aromatic carbocycles. The maximum Gasteiger partial charge on any atom is 0.314 e. The summed E-state index contributed by atoms with van der Waals surface area (Å²) < 4.78 is 16.4. The van der Waals surface area contributed by atoms with E-state index in [-0.39, 0.29) is 23.6 Å². The molecule has 1 heterocycles. The fraction of sp³-hybridized carbons (Fsp3) is 0.850. The molecule has 1 aliphatic heterocycles. The fourth-order valence-corrected chi connectivity index (χ4v) is 6.69. The molecule has 1 saturated heterocycles. The fourth-order valence-electron chi connectivity index (χ4n) is 6.69. The van der Waals surface area contributed by atoms with Gasteiger partial charge in [0.2, 0.25) is 0 Å². The van der Waals surface area contributed by atoms with Crippen LogP contribution >= 0.6 is 0 Å². The highest BCUT2D eigenvalue weighted by Gasteiger charge is 2.67. The third-order valence-electron chi connectivity index (χ3n) is 7.74. The third kappa shape index (κ3) is 2.02. The molecule has 7 atom stereocenters. The number of hydrogen-bond donors (Lipinski definition) is 0. The van der Waals surface area contributed by atoms with Crippen LogP contribution in [0.2, 0.25) is 0 Å². The normalized spacial score (nSPS) is 49.2. The lowest BCUT2D eigenvalue weighted by molar-refractivity contribution is -0.187. The second-order valence-corrected chi connectivity index (χ2v) is 9.53. The van der Waals surface area contributed by atoms with Gasteiger partial charge in [0, 0.05) is 5.41 Å². The first-order valence-electron chi connectivity index (χ1n) is 9.51. The summed E-state index contributed by atoms with van der Waals surface area (Å²) in [6, 6.07) is 0. The zero-order valence-corrected chi connectivity index (χ0v) is 14.7. The molecular weight excluding hydrogens is 304 g/mol. The van der Waals surface area contributed by atoms with E-state index in [0.717, 1.165) is 49.2 Å². The van der Waals surface area contributed by atoms with Crippen molar-refractivity contribution in [1.82, 2.24) is 0 Å². The molecule has 0 spiro atoms. The summed E-state index contributed by atoms with van der Waals surface area (Å²) in [4.78, 5) is 12.8. The second-order valence-electron chi connectivity index (χ2n) is 9.53. The summed E-state index contributed by atoms with van der Waals surface area (Å²) in [5.74, 6) is 4.29. The van der Waals surface area contributed by atoms with E-state index < -0.39 is 0 Å². The third-order valence-corrected chi connectivity index (χ3v) is 7.74. The Labute approximate surface area is 143 Å². The highest BCUT2D eigenvalue weighted by Crippen LogP contribution is 2.70. The van der Waals surface area contributed by atoms with E-state index in [1.807, 2.05) is 0 Å². The number of esters is 1. The zero-order chi connectivity index (χ0) is 16.5. The van der Waals surface area contributed by atoms with Crippen molar-refractivity contribution in [1.29, 1.82) is 0 Å². The maximum absolute atomic E-state index is 12.8. The topological polar surface area (TPSA) is 44.8 Å². The second kappa shape index (κ2) is 5.07. The van der Waals surface area contributed by atoms with Crippen LogP contribution in [0.25, 0.3) is 0 Å². The van der Waals surface area contributed by atoms with Crippen LogP contribution in [0.5, 0.6) is 0 Å². The summed E-state index contributed by atoms with van der Waals surface area (Å²) in [5, 5.41) is 0. The Bertz CT molecular complexity index is 580. The summed E-state index contributed by atoms with van der Waals surface area (Å²) in [5.41, 5.74) is -0.192. The Morgan fingerprint density at radius 3 is 2.62 bits per heavy atom. The largest absolute Gasteiger partial charge is 0.438 e. The van der Waals surface area contributed by atoms with Gasteiger partial charge in [0.15, 0.2) is 6.79 Å². The molecule has 4 nitrogen and oxygen atoms in total. The first kappa shape index (κ1) is 15.4. The Morgan fingerprint density at radius 1 is 1.17 bits per heavy atom. The standard InChI is InChI=1S/C20H28O4/c1-19(8-22-9-19)10-23-11-24-18(21)20(2)7-14-6-15(20)17-13-4-3-12(5-13)16(14)17/h3-4,12-17H,5-11H2,1-2H3. The zero-order valence-electron chi connectivity index (χ0n) is 14.7. The van der Waals surface area contributed by atoms with Crippen molar-refractivity contribution in [2.45, 2.75) is 33.1 Å². The van der Waals surface area contributed by atoms with E-state index in [4.69, 9.17) is 14.2 Å². The van der Waals surface area contributed by atoms with Gasteiger partial charge in [-0.3, -0.25) is 4.79 Å². The van der Waals surface area contributed by atoms with Gasteiger partial charge in [0.1, 0.15) is 0 Å². The first-order valence-corrected chi connectivity index (χ1v) is 9.51. The van der Waals surface area contributed by atoms with Gasteiger partial charge < -0.3 is 14.2 Å². The average molecular weight is 332 g/mol. The van der Waals surface area contributed by atoms with Gasteiger partial charge >= 0.3 is 5.97 Å². The number of carbonyl (C=O) groups is 1. The lowest BCUT2D eigenvalue weighted by Gasteiger charge is -2.41. The summed E-state index contributed by atoms with van der Waals surface area (Å²) in [6.45, 7) is 6.44. The van der Waals surface area contributed by atoms with Gasteiger partial charge in [-0.25, -0.2) is 0 Å². The predicted octanol–water partition coefficient (Wildman–Crippen LogP) is 3.02. The number of carbonyl (C=O) groups excluding carboxylic acids is 1. The Hall–Kier alpha value is -0.870. The summed E-state index contributed by atoms with van der Waals surface area (Å²) in [6.07, 6.45) is 8.44. The SMILES string of the molecule is CC1(COCOC(=O)C2(C)CC3CC2C2C4C=CC(C4)C32)COC1. The highest BCUT2D eigenvalue weighted by atomic mass is 16.7. The highest BCUT2D eigenvalue weighted by molar-refractivity contribution is 5.77. The smallest absolute Gasteiger partial charge is 0.314 e. The van der Waals surface area contributed by atoms with E-state index >= 15 is 0 Å². The van der Waals surface area contributed by atoms with Crippen molar-refractivity contribution in [2.24, 2.45) is 46.3 Å². The van der Waals surface area contributed by atoms with Crippen LogP contribution in [0.4, 0.5) is 0 Å². The summed E-state index contributed by atoms with van der Waals surface area (Å²) >= 11 is 0. The lowest BCUT2D eigenvalue weighted by atomic mass is 9.63. The molecule has 132 valence electrons. The van der Waals surface area contributed by atoms with Crippen molar-refractivity contribution < 1.29 is 19.0 Å². The molecule has 0 amide bonds. The molecule has 4 fully saturated rings. The monoisotopic (exact) mass is 332 g/mol. The number of ether oxygens (including phenoxy) is 3. The number of rotatable bonds is 5. The first-order chi connectivity index (χ1) is 11.5. The van der Waals surface area contributed by atoms with Crippen LogP contribution in [0.3, 0.4) is 0 Å². The predicted molar refractivity (Wildman–Crippen MR) is 87.9 cm³/mol. The Kier molecular flexibility index (Phi) is 3.25. The van der Waals surface area contributed by atoms with Gasteiger partial charge in [0.05, 0.1) is 25.2 Å². The number of allylic oxidation sites excluding steroid dienone is 2. The molecule has 4 heteroatoms. The van der Waals surface area contributed by atoms with E-state index in [2.05, 4.69) is 26.0 Å². The number of fused-ring (bicyclic) bond motifs is 9. The maximum atomic E-state index is 12.8. The van der Waals surface area contributed by atoms with Crippen molar-refractivity contribution >= 4 is 5.97 Å². The molecule has 5 rings (SSSR count). The average Bonchev–Trinajstić information content (AvgIpc) is 3.27. The minimum Gasteiger partial charge on any atom is -0.438 e. The number of hydrogen-bond acceptors (Lipinski definition) is 4. The van der Waals surface area contributed by atoms with Gasteiger partial charge in [-0.05, 0) is 61.7 Å². The van der Waals surface area contributed by atoms with Crippen LogP contribution in [-0.2, 0) is 19.0 Å². The van der Waals surface area contributed by atoms with Crippen LogP contribution in [0, 0.1) is 46.3 Å². The Balaban J connectivity index is 1.20. The molecule has 4 bridgehead atoms. The molecule has 0 aromatic heterocycles. The van der Waals surface area contributed by atoms with E-state index in [1.165, 1.54) is 12.8 Å². The Morgan fingerprint density at radius 2 is 1.92 bits per heavy atom. The minimum absolute atomic E-state index is 0.0322. The van der Waals surface area contributed by atoms with Crippen LogP contribution in [0.15, 0.2) is 12.2 Å².